The van der Waals surface area contributed by atoms with Gasteiger partial charge in [0.15, 0.2) is 0 Å². The van der Waals surface area contributed by atoms with Gasteiger partial charge in [0.1, 0.15) is 6.04 Å². The van der Waals surface area contributed by atoms with E-state index in [4.69, 9.17) is 4.52 Å². The highest BCUT2D eigenvalue weighted by Gasteiger charge is 2.18. The number of nitrogens with one attached hydrogen (secondary N) is 1. The van der Waals surface area contributed by atoms with Gasteiger partial charge in [-0.1, -0.05) is 52.7 Å². The molecule has 0 aliphatic rings. The van der Waals surface area contributed by atoms with E-state index in [-0.39, 0.29) is 11.9 Å². The molecule has 3 aromatic rings. The van der Waals surface area contributed by atoms with Crippen molar-refractivity contribution in [2.24, 2.45) is 0 Å². The van der Waals surface area contributed by atoms with Crippen molar-refractivity contribution in [3.8, 4) is 11.4 Å². The Bertz CT molecular complexity index is 853. The molecule has 0 saturated carbocycles. The molecule has 0 spiro atoms. The number of aryl methyl sites for hydroxylation is 2. The van der Waals surface area contributed by atoms with Gasteiger partial charge in [0.25, 0.3) is 5.91 Å². The summed E-state index contributed by atoms with van der Waals surface area (Å²) in [5.74, 6) is 0.731. The zero-order valence-corrected chi connectivity index (χ0v) is 13.9. The lowest BCUT2D eigenvalue weighted by Crippen LogP contribution is -2.26. The van der Waals surface area contributed by atoms with Crippen molar-refractivity contribution in [2.45, 2.75) is 26.8 Å². The molecule has 122 valence electrons. The summed E-state index contributed by atoms with van der Waals surface area (Å²) in [4.78, 5) is 16.7. The van der Waals surface area contributed by atoms with Gasteiger partial charge in [-0.05, 0) is 32.9 Å². The fourth-order valence-electron chi connectivity index (χ4n) is 2.36. The van der Waals surface area contributed by atoms with Gasteiger partial charge in [-0.3, -0.25) is 4.79 Å². The van der Waals surface area contributed by atoms with E-state index >= 15 is 0 Å². The normalized spacial score (nSPS) is 12.0. The van der Waals surface area contributed by atoms with Gasteiger partial charge in [0, 0.05) is 11.1 Å². The van der Waals surface area contributed by atoms with Gasteiger partial charge in [-0.15, -0.1) is 0 Å². The Balaban J connectivity index is 1.73. The van der Waals surface area contributed by atoms with Crippen LogP contribution in [-0.2, 0) is 0 Å². The highest BCUT2D eigenvalue weighted by molar-refractivity contribution is 5.94. The fourth-order valence-corrected chi connectivity index (χ4v) is 2.36. The van der Waals surface area contributed by atoms with E-state index < -0.39 is 0 Å². The second-order valence-corrected chi connectivity index (χ2v) is 5.89. The van der Waals surface area contributed by atoms with Crippen LogP contribution in [0.4, 0.5) is 0 Å². The number of amides is 1. The van der Waals surface area contributed by atoms with Crippen molar-refractivity contribution < 1.29 is 9.32 Å². The summed E-state index contributed by atoms with van der Waals surface area (Å²) in [6.07, 6.45) is 0. The summed E-state index contributed by atoms with van der Waals surface area (Å²) in [5.41, 5.74) is 3.70. The summed E-state index contributed by atoms with van der Waals surface area (Å²) in [6, 6.07) is 14.9. The monoisotopic (exact) mass is 321 g/mol. The van der Waals surface area contributed by atoms with Crippen LogP contribution in [0, 0.1) is 13.8 Å². The molecule has 0 fully saturated rings. The third-order valence-electron chi connectivity index (χ3n) is 3.75. The molecular weight excluding hydrogens is 302 g/mol. The Labute approximate surface area is 140 Å². The number of hydrogen-bond acceptors (Lipinski definition) is 4. The van der Waals surface area contributed by atoms with Crippen LogP contribution in [0.1, 0.15) is 40.3 Å². The Morgan fingerprint density at radius 1 is 1.08 bits per heavy atom. The molecule has 1 amide bonds. The van der Waals surface area contributed by atoms with Crippen LogP contribution in [0.2, 0.25) is 0 Å². The van der Waals surface area contributed by atoms with Crippen molar-refractivity contribution in [3.63, 3.8) is 0 Å². The second kappa shape index (κ2) is 6.66. The highest BCUT2D eigenvalue weighted by atomic mass is 16.5. The largest absolute Gasteiger partial charge is 0.341 e. The van der Waals surface area contributed by atoms with Crippen LogP contribution < -0.4 is 5.32 Å². The molecule has 0 aliphatic carbocycles. The third kappa shape index (κ3) is 3.51. The maximum absolute atomic E-state index is 12.3. The minimum Gasteiger partial charge on any atom is -0.341 e. The van der Waals surface area contributed by atoms with Crippen LogP contribution in [0.3, 0.4) is 0 Å². The summed E-state index contributed by atoms with van der Waals surface area (Å²) >= 11 is 0. The molecular formula is C19H19N3O2. The van der Waals surface area contributed by atoms with Crippen molar-refractivity contribution in [2.75, 3.05) is 0 Å². The molecule has 5 nitrogen and oxygen atoms in total. The minimum absolute atomic E-state index is 0.165. The van der Waals surface area contributed by atoms with Crippen molar-refractivity contribution >= 4 is 5.91 Å². The predicted molar refractivity (Wildman–Crippen MR) is 91.5 cm³/mol. The molecule has 1 unspecified atom stereocenters. The van der Waals surface area contributed by atoms with E-state index in [0.717, 1.165) is 11.1 Å². The van der Waals surface area contributed by atoms with Gasteiger partial charge in [0.05, 0.1) is 0 Å². The van der Waals surface area contributed by atoms with Crippen molar-refractivity contribution in [1.29, 1.82) is 0 Å². The molecule has 0 saturated heterocycles. The van der Waals surface area contributed by atoms with E-state index in [1.165, 1.54) is 5.56 Å². The minimum atomic E-state index is -0.371. The van der Waals surface area contributed by atoms with E-state index in [1.807, 2.05) is 63.2 Å². The van der Waals surface area contributed by atoms with Gasteiger partial charge < -0.3 is 9.84 Å². The van der Waals surface area contributed by atoms with E-state index in [2.05, 4.69) is 15.5 Å². The maximum Gasteiger partial charge on any atom is 0.251 e. The van der Waals surface area contributed by atoms with Crippen LogP contribution in [0.25, 0.3) is 11.4 Å². The molecule has 1 heterocycles. The quantitative estimate of drug-likeness (QED) is 0.792. The lowest BCUT2D eigenvalue weighted by Gasteiger charge is -2.09. The van der Waals surface area contributed by atoms with Crippen LogP contribution in [0.15, 0.2) is 53.1 Å². The Kier molecular flexibility index (Phi) is 4.42. The van der Waals surface area contributed by atoms with Gasteiger partial charge in [-0.2, -0.15) is 4.98 Å². The third-order valence-corrected chi connectivity index (χ3v) is 3.75. The van der Waals surface area contributed by atoms with Crippen LogP contribution in [-0.4, -0.2) is 16.0 Å². The van der Waals surface area contributed by atoms with E-state index in [9.17, 15) is 4.79 Å². The number of nitrogens with zero attached hydrogens (tertiary/aromatic N) is 2. The number of aromatic nitrogens is 2. The van der Waals surface area contributed by atoms with Crippen molar-refractivity contribution in [1.82, 2.24) is 15.5 Å². The molecule has 24 heavy (non-hydrogen) atoms. The molecule has 3 rings (SSSR count). The summed E-state index contributed by atoms with van der Waals surface area (Å²) < 4.78 is 5.30. The average Bonchev–Trinajstić information content (AvgIpc) is 3.05. The molecule has 0 aliphatic heterocycles. The molecule has 0 bridgehead atoms. The number of rotatable bonds is 4. The second-order valence-electron chi connectivity index (χ2n) is 5.89. The Hall–Kier alpha value is -2.95. The van der Waals surface area contributed by atoms with Crippen LogP contribution >= 0.6 is 0 Å². The standard InChI is InChI=1S/C19H19N3O2/c1-12-7-9-15(10-8-12)17-21-19(24-22-17)14(3)20-18(23)16-6-4-5-13(2)11-16/h4-11,14H,1-3H3,(H,20,23). The lowest BCUT2D eigenvalue weighted by molar-refractivity contribution is 0.0932. The number of hydrogen-bond donors (Lipinski definition) is 1. The maximum atomic E-state index is 12.3. The van der Waals surface area contributed by atoms with E-state index in [0.29, 0.717) is 17.3 Å². The van der Waals surface area contributed by atoms with Gasteiger partial charge in [-0.25, -0.2) is 0 Å². The molecule has 2 aromatic carbocycles. The number of carbonyl (C=O) groups excluding carboxylic acids is 1. The topological polar surface area (TPSA) is 68.0 Å². The zero-order valence-electron chi connectivity index (χ0n) is 13.9. The number of benzene rings is 2. The molecule has 0 radical (unpaired) electrons. The highest BCUT2D eigenvalue weighted by Crippen LogP contribution is 2.19. The molecule has 1 atom stereocenters. The van der Waals surface area contributed by atoms with Crippen LogP contribution in [0.5, 0.6) is 0 Å². The first-order chi connectivity index (χ1) is 11.5. The van der Waals surface area contributed by atoms with Gasteiger partial charge in [0.2, 0.25) is 11.7 Å². The first-order valence-electron chi connectivity index (χ1n) is 7.81. The summed E-state index contributed by atoms with van der Waals surface area (Å²) in [7, 11) is 0. The SMILES string of the molecule is Cc1ccc(-c2noc(C(C)NC(=O)c3cccc(C)c3)n2)cc1. The Morgan fingerprint density at radius 3 is 2.54 bits per heavy atom. The molecule has 1 aromatic heterocycles. The molecule has 5 heteroatoms. The molecule has 1 N–H and O–H groups in total. The summed E-state index contributed by atoms with van der Waals surface area (Å²) in [6.45, 7) is 5.79. The zero-order chi connectivity index (χ0) is 17.1. The first kappa shape index (κ1) is 15.9. The number of carbonyl (C=O) groups is 1. The first-order valence-corrected chi connectivity index (χ1v) is 7.81. The fraction of sp³-hybridized carbons (Fsp3) is 0.211. The van der Waals surface area contributed by atoms with Crippen molar-refractivity contribution in [3.05, 3.63) is 71.1 Å². The summed E-state index contributed by atoms with van der Waals surface area (Å²) in [5, 5.41) is 6.87. The van der Waals surface area contributed by atoms with Gasteiger partial charge >= 0.3 is 0 Å². The van der Waals surface area contributed by atoms with E-state index in [1.54, 1.807) is 6.07 Å². The predicted octanol–water partition coefficient (Wildman–Crippen LogP) is 3.84. The Morgan fingerprint density at radius 2 is 1.83 bits per heavy atom. The lowest BCUT2D eigenvalue weighted by atomic mass is 10.1. The smallest absolute Gasteiger partial charge is 0.251 e. The average molecular weight is 321 g/mol.